The van der Waals surface area contributed by atoms with Gasteiger partial charge in [0, 0.05) is 19.1 Å². The lowest BCUT2D eigenvalue weighted by Crippen LogP contribution is -2.44. The zero-order valence-electron chi connectivity index (χ0n) is 14.4. The summed E-state index contributed by atoms with van der Waals surface area (Å²) in [6.45, 7) is 0.454. The van der Waals surface area contributed by atoms with Crippen LogP contribution in [0.2, 0.25) is 5.02 Å². The molecule has 1 aromatic rings. The van der Waals surface area contributed by atoms with Crippen molar-refractivity contribution in [2.24, 2.45) is 0 Å². The van der Waals surface area contributed by atoms with Crippen LogP contribution in [0.25, 0.3) is 0 Å². The number of sulfonamides is 1. The van der Waals surface area contributed by atoms with Crippen LogP contribution in [-0.4, -0.2) is 81.8 Å². The summed E-state index contributed by atoms with van der Waals surface area (Å²) in [4.78, 5) is 12.6. The lowest BCUT2D eigenvalue weighted by atomic mass is 10.2. The number of hydrogen-bond donors (Lipinski definition) is 1. The summed E-state index contributed by atoms with van der Waals surface area (Å²) in [5.74, 6) is -1.61. The van der Waals surface area contributed by atoms with Gasteiger partial charge in [0.2, 0.25) is 10.0 Å². The number of rotatable bonds is 7. The van der Waals surface area contributed by atoms with Crippen LogP contribution in [-0.2, 0) is 19.9 Å². The van der Waals surface area contributed by atoms with Crippen molar-refractivity contribution >= 4 is 37.4 Å². The molecular formula is C15H21ClN2O6S2. The van der Waals surface area contributed by atoms with Crippen molar-refractivity contribution in [3.05, 3.63) is 28.8 Å². The van der Waals surface area contributed by atoms with Gasteiger partial charge in [0.25, 0.3) is 0 Å². The molecule has 0 unspecified atom stereocenters. The van der Waals surface area contributed by atoms with Crippen LogP contribution in [0.4, 0.5) is 0 Å². The molecule has 1 heterocycles. The maximum Gasteiger partial charge on any atom is 0.335 e. The molecule has 0 spiro atoms. The molecule has 1 atom stereocenters. The van der Waals surface area contributed by atoms with E-state index in [-0.39, 0.29) is 40.0 Å². The summed E-state index contributed by atoms with van der Waals surface area (Å²) in [6, 6.07) is 2.74. The predicted octanol–water partition coefficient (Wildman–Crippen LogP) is 0.778. The summed E-state index contributed by atoms with van der Waals surface area (Å²) in [5.41, 5.74) is -0.209. The molecule has 1 saturated heterocycles. The second-order valence-corrected chi connectivity index (χ2v) is 10.9. The van der Waals surface area contributed by atoms with Gasteiger partial charge in [-0.3, -0.25) is 0 Å². The molecule has 8 nitrogen and oxygen atoms in total. The third-order valence-electron chi connectivity index (χ3n) is 4.15. The fourth-order valence-electron chi connectivity index (χ4n) is 2.76. The Labute approximate surface area is 158 Å². The lowest BCUT2D eigenvalue weighted by Gasteiger charge is -2.29. The Morgan fingerprint density at radius 1 is 1.31 bits per heavy atom. The van der Waals surface area contributed by atoms with Crippen molar-refractivity contribution in [2.75, 3.05) is 38.7 Å². The van der Waals surface area contributed by atoms with Crippen LogP contribution >= 0.6 is 11.6 Å². The molecule has 0 saturated carbocycles. The minimum atomic E-state index is -4.17. The largest absolute Gasteiger partial charge is 0.478 e. The lowest BCUT2D eigenvalue weighted by molar-refractivity contribution is 0.0696. The minimum absolute atomic E-state index is 0.0726. The summed E-state index contributed by atoms with van der Waals surface area (Å²) in [5, 5.41) is 9.02. The second kappa shape index (κ2) is 7.81. The Bertz CT molecular complexity index is 899. The van der Waals surface area contributed by atoms with Crippen LogP contribution < -0.4 is 0 Å². The highest BCUT2D eigenvalue weighted by atomic mass is 35.5. The molecule has 0 radical (unpaired) electrons. The van der Waals surface area contributed by atoms with Gasteiger partial charge in [0.05, 0.1) is 22.1 Å². The van der Waals surface area contributed by atoms with Crippen LogP contribution in [0.1, 0.15) is 16.8 Å². The number of likely N-dealkylation sites (N-methyl/N-ethyl adjacent to an activating group) is 1. The molecule has 11 heteroatoms. The van der Waals surface area contributed by atoms with E-state index in [9.17, 15) is 21.6 Å². The maximum atomic E-state index is 13.2. The quantitative estimate of drug-likeness (QED) is 0.688. The topological polar surface area (TPSA) is 112 Å². The van der Waals surface area contributed by atoms with Gasteiger partial charge in [-0.1, -0.05) is 11.6 Å². The summed E-state index contributed by atoms with van der Waals surface area (Å²) < 4.78 is 51.1. The van der Waals surface area contributed by atoms with Crippen molar-refractivity contribution in [1.29, 1.82) is 0 Å². The smallest absolute Gasteiger partial charge is 0.335 e. The van der Waals surface area contributed by atoms with E-state index in [4.69, 9.17) is 16.7 Å². The Morgan fingerprint density at radius 3 is 2.46 bits per heavy atom. The predicted molar refractivity (Wildman–Crippen MR) is 97.9 cm³/mol. The first-order valence-electron chi connectivity index (χ1n) is 7.84. The number of halogens is 1. The Kier molecular flexibility index (Phi) is 6.34. The third-order valence-corrected chi connectivity index (χ3v) is 8.33. The minimum Gasteiger partial charge on any atom is -0.478 e. The van der Waals surface area contributed by atoms with Crippen molar-refractivity contribution in [3.63, 3.8) is 0 Å². The monoisotopic (exact) mass is 424 g/mol. The summed E-state index contributed by atoms with van der Waals surface area (Å²) in [6.07, 6.45) is 0.200. The number of aromatic carboxylic acids is 1. The van der Waals surface area contributed by atoms with Crippen LogP contribution in [0.3, 0.4) is 0 Å². The van der Waals surface area contributed by atoms with E-state index >= 15 is 0 Å². The molecule has 0 aliphatic carbocycles. The number of carboxylic acid groups (broad SMARTS) is 1. The van der Waals surface area contributed by atoms with Crippen molar-refractivity contribution < 1.29 is 26.7 Å². The van der Waals surface area contributed by atoms with Gasteiger partial charge in [-0.15, -0.1) is 0 Å². The van der Waals surface area contributed by atoms with E-state index in [1.165, 1.54) is 12.1 Å². The van der Waals surface area contributed by atoms with E-state index in [0.29, 0.717) is 6.54 Å². The highest BCUT2D eigenvalue weighted by Gasteiger charge is 2.39. The molecule has 1 aliphatic heterocycles. The number of nitrogens with zero attached hydrogens (tertiary/aromatic N) is 2. The second-order valence-electron chi connectivity index (χ2n) is 6.43. The molecule has 2 rings (SSSR count). The zero-order valence-corrected chi connectivity index (χ0v) is 16.8. The highest BCUT2D eigenvalue weighted by Crippen LogP contribution is 2.30. The van der Waals surface area contributed by atoms with Gasteiger partial charge in [0.1, 0.15) is 4.90 Å². The van der Waals surface area contributed by atoms with Gasteiger partial charge in [-0.05, 0) is 38.7 Å². The number of hydrogen-bond acceptors (Lipinski definition) is 6. The Hall–Kier alpha value is -1.20. The molecule has 0 bridgehead atoms. The summed E-state index contributed by atoms with van der Waals surface area (Å²) in [7, 11) is -3.93. The van der Waals surface area contributed by atoms with Crippen molar-refractivity contribution in [3.8, 4) is 0 Å². The first-order valence-corrected chi connectivity index (χ1v) is 11.5. The van der Waals surface area contributed by atoms with Crippen molar-refractivity contribution in [1.82, 2.24) is 9.21 Å². The maximum absolute atomic E-state index is 13.2. The van der Waals surface area contributed by atoms with E-state index in [0.717, 1.165) is 10.4 Å². The van der Waals surface area contributed by atoms with Gasteiger partial charge in [0.15, 0.2) is 9.84 Å². The molecule has 1 aliphatic rings. The molecule has 0 aromatic heterocycles. The Morgan fingerprint density at radius 2 is 1.96 bits per heavy atom. The van der Waals surface area contributed by atoms with Gasteiger partial charge >= 0.3 is 5.97 Å². The third kappa shape index (κ3) is 4.74. The number of sulfone groups is 1. The number of carbonyl (C=O) groups is 1. The normalized spacial score (nSPS) is 20.0. The highest BCUT2D eigenvalue weighted by molar-refractivity contribution is 7.92. The fraction of sp³-hybridized carbons (Fsp3) is 0.533. The van der Waals surface area contributed by atoms with Crippen LogP contribution in [0.15, 0.2) is 23.1 Å². The summed E-state index contributed by atoms with van der Waals surface area (Å²) >= 11 is 6.03. The van der Waals surface area contributed by atoms with Crippen molar-refractivity contribution in [2.45, 2.75) is 17.4 Å². The standard InChI is InChI=1S/C15H21ClN2O6S2/c1-17(2)6-7-18(12-5-8-25(21,22)10-12)26(23,24)14-9-11(15(19)20)3-4-13(14)16/h3-4,9,12H,5-8,10H2,1-2H3,(H,19,20)/t12-/m1/s1. The van der Waals surface area contributed by atoms with Gasteiger partial charge in [-0.25, -0.2) is 21.6 Å². The van der Waals surface area contributed by atoms with Gasteiger partial charge < -0.3 is 10.0 Å². The fourth-order valence-corrected chi connectivity index (χ4v) is 6.73. The molecule has 1 N–H and O–H groups in total. The van der Waals surface area contributed by atoms with E-state index in [1.54, 1.807) is 19.0 Å². The molecule has 1 fully saturated rings. The van der Waals surface area contributed by atoms with E-state index in [2.05, 4.69) is 0 Å². The molecule has 146 valence electrons. The first-order chi connectivity index (χ1) is 11.9. The average Bonchev–Trinajstić information content (AvgIpc) is 2.86. The van der Waals surface area contributed by atoms with Gasteiger partial charge in [-0.2, -0.15) is 4.31 Å². The number of carboxylic acids is 1. The zero-order chi connectivity index (χ0) is 19.7. The average molecular weight is 425 g/mol. The first kappa shape index (κ1) is 21.1. The number of benzene rings is 1. The Balaban J connectivity index is 2.48. The van der Waals surface area contributed by atoms with E-state index < -0.39 is 31.9 Å². The SMILES string of the molecule is CN(C)CCN([C@@H]1CCS(=O)(=O)C1)S(=O)(=O)c1cc(C(=O)O)ccc1Cl. The van der Waals surface area contributed by atoms with Crippen LogP contribution in [0, 0.1) is 0 Å². The molecule has 0 amide bonds. The molecule has 26 heavy (non-hydrogen) atoms. The van der Waals surface area contributed by atoms with Crippen LogP contribution in [0.5, 0.6) is 0 Å². The molecular weight excluding hydrogens is 404 g/mol. The molecule has 1 aromatic carbocycles. The van der Waals surface area contributed by atoms with E-state index in [1.807, 2.05) is 0 Å².